The van der Waals surface area contributed by atoms with Gasteiger partial charge in [0.25, 0.3) is 0 Å². The van der Waals surface area contributed by atoms with E-state index in [0.29, 0.717) is 49.1 Å². The highest BCUT2D eigenvalue weighted by Crippen LogP contribution is 2.31. The number of likely N-dealkylation sites (N-methyl/N-ethyl adjacent to an activating group) is 1. The number of carbonyl (C=O) groups is 1. The summed E-state index contributed by atoms with van der Waals surface area (Å²) in [5.74, 6) is 0.886. The Morgan fingerprint density at radius 1 is 1.09 bits per heavy atom. The van der Waals surface area contributed by atoms with Crippen LogP contribution < -0.4 is 19.7 Å². The van der Waals surface area contributed by atoms with Gasteiger partial charge in [-0.1, -0.05) is 6.07 Å². The molecule has 1 N–H and O–H groups in total. The van der Waals surface area contributed by atoms with Crippen LogP contribution in [-0.2, 0) is 19.6 Å². The Kier molecular flexibility index (Phi) is 7.60. The van der Waals surface area contributed by atoms with E-state index in [-0.39, 0.29) is 17.3 Å². The van der Waals surface area contributed by atoms with Gasteiger partial charge in [-0.2, -0.15) is 4.31 Å². The largest absolute Gasteiger partial charge is 0.493 e. The number of sulfonamides is 1. The topological polar surface area (TPSA) is 97.4 Å². The molecule has 0 bridgehead atoms. The Morgan fingerprint density at radius 2 is 1.78 bits per heavy atom. The monoisotopic (exact) mass is 463 g/mol. The second-order valence-electron chi connectivity index (χ2n) is 7.44. The van der Waals surface area contributed by atoms with Crippen molar-refractivity contribution < 1.29 is 27.4 Å². The molecule has 3 rings (SSSR count). The van der Waals surface area contributed by atoms with Gasteiger partial charge in [0.15, 0.2) is 11.5 Å². The Hall–Kier alpha value is -2.82. The molecule has 1 aliphatic rings. The number of hydrogen-bond acceptors (Lipinski definition) is 7. The summed E-state index contributed by atoms with van der Waals surface area (Å²) in [6.07, 6.45) is 0. The fraction of sp³-hybridized carbons (Fsp3) is 0.409. The van der Waals surface area contributed by atoms with Crippen molar-refractivity contribution >= 4 is 27.3 Å². The molecular formula is C22H29N3O6S. The first-order valence-corrected chi connectivity index (χ1v) is 11.6. The molecule has 2 aromatic rings. The number of methoxy groups -OCH3 is 2. The molecule has 0 spiro atoms. The molecule has 9 nitrogen and oxygen atoms in total. The number of amides is 1. The molecule has 0 unspecified atom stereocenters. The second-order valence-corrected chi connectivity index (χ2v) is 9.35. The predicted molar refractivity (Wildman–Crippen MR) is 122 cm³/mol. The maximum absolute atomic E-state index is 13.0. The van der Waals surface area contributed by atoms with E-state index in [1.165, 1.54) is 10.4 Å². The van der Waals surface area contributed by atoms with Crippen molar-refractivity contribution in [1.29, 1.82) is 0 Å². The summed E-state index contributed by atoms with van der Waals surface area (Å²) in [6.45, 7) is 3.18. The van der Waals surface area contributed by atoms with Gasteiger partial charge >= 0.3 is 0 Å². The van der Waals surface area contributed by atoms with Crippen molar-refractivity contribution in [2.24, 2.45) is 0 Å². The summed E-state index contributed by atoms with van der Waals surface area (Å²) in [4.78, 5) is 14.6. The minimum atomic E-state index is -3.67. The third-order valence-corrected chi connectivity index (χ3v) is 7.29. The number of aryl methyl sites for hydroxylation is 1. The van der Waals surface area contributed by atoms with E-state index in [9.17, 15) is 13.2 Å². The van der Waals surface area contributed by atoms with Crippen LogP contribution in [0.1, 0.15) is 5.56 Å². The lowest BCUT2D eigenvalue weighted by molar-refractivity contribution is -0.114. The summed E-state index contributed by atoms with van der Waals surface area (Å²) in [5.41, 5.74) is 1.82. The standard InChI is InChI=1S/C22H29N3O6S/c1-16-5-6-17(13-21(16)32(27,28)25-9-11-31-12-10-25)23-22(26)15-24(2)18-7-8-19(29-3)20(14-18)30-4/h5-8,13-14H,9-12,15H2,1-4H3,(H,23,26). The fourth-order valence-electron chi connectivity index (χ4n) is 3.45. The van der Waals surface area contributed by atoms with Crippen LogP contribution in [-0.4, -0.2) is 72.7 Å². The first kappa shape index (κ1) is 23.8. The molecule has 0 radical (unpaired) electrons. The average Bonchev–Trinajstić information content (AvgIpc) is 2.80. The van der Waals surface area contributed by atoms with Gasteiger partial charge in [0.2, 0.25) is 15.9 Å². The lowest BCUT2D eigenvalue weighted by Crippen LogP contribution is -2.40. The zero-order valence-corrected chi connectivity index (χ0v) is 19.6. The SMILES string of the molecule is COc1ccc(N(C)CC(=O)Nc2ccc(C)c(S(=O)(=O)N3CCOCC3)c2)cc1OC. The summed E-state index contributed by atoms with van der Waals surface area (Å²) in [6, 6.07) is 10.3. The van der Waals surface area contributed by atoms with Crippen LogP contribution in [0, 0.1) is 6.92 Å². The first-order valence-electron chi connectivity index (χ1n) is 10.2. The van der Waals surface area contributed by atoms with Gasteiger partial charge in [-0.3, -0.25) is 4.79 Å². The summed E-state index contributed by atoms with van der Waals surface area (Å²) in [7, 11) is 1.23. The molecule has 10 heteroatoms. The predicted octanol–water partition coefficient (Wildman–Crippen LogP) is 2.11. The highest BCUT2D eigenvalue weighted by Gasteiger charge is 2.28. The molecule has 1 heterocycles. The molecule has 1 saturated heterocycles. The lowest BCUT2D eigenvalue weighted by atomic mass is 10.2. The van der Waals surface area contributed by atoms with E-state index in [0.717, 1.165) is 5.69 Å². The van der Waals surface area contributed by atoms with Crippen molar-refractivity contribution in [3.8, 4) is 11.5 Å². The molecular weight excluding hydrogens is 434 g/mol. The normalized spacial score (nSPS) is 14.6. The van der Waals surface area contributed by atoms with Crippen LogP contribution >= 0.6 is 0 Å². The van der Waals surface area contributed by atoms with Gasteiger partial charge in [-0.05, 0) is 36.8 Å². The van der Waals surface area contributed by atoms with Crippen molar-refractivity contribution in [2.45, 2.75) is 11.8 Å². The number of ether oxygens (including phenoxy) is 3. The van der Waals surface area contributed by atoms with E-state index in [4.69, 9.17) is 14.2 Å². The molecule has 1 amide bonds. The maximum Gasteiger partial charge on any atom is 0.243 e. The third-order valence-electron chi connectivity index (χ3n) is 5.25. The van der Waals surface area contributed by atoms with Crippen molar-refractivity contribution in [2.75, 3.05) is 64.3 Å². The molecule has 0 atom stereocenters. The Balaban J connectivity index is 1.72. The summed E-state index contributed by atoms with van der Waals surface area (Å²) in [5, 5.41) is 2.79. The molecule has 0 aromatic heterocycles. The zero-order valence-electron chi connectivity index (χ0n) is 18.8. The van der Waals surface area contributed by atoms with Crippen LogP contribution in [0.15, 0.2) is 41.3 Å². The van der Waals surface area contributed by atoms with Gasteiger partial charge in [0, 0.05) is 37.6 Å². The molecule has 0 aliphatic carbocycles. The van der Waals surface area contributed by atoms with Crippen molar-refractivity contribution in [3.63, 3.8) is 0 Å². The molecule has 2 aromatic carbocycles. The van der Waals surface area contributed by atoms with Crippen molar-refractivity contribution in [3.05, 3.63) is 42.0 Å². The van der Waals surface area contributed by atoms with Gasteiger partial charge in [-0.25, -0.2) is 8.42 Å². The second kappa shape index (κ2) is 10.2. The van der Waals surface area contributed by atoms with Gasteiger partial charge in [0.05, 0.1) is 38.9 Å². The van der Waals surface area contributed by atoms with Crippen molar-refractivity contribution in [1.82, 2.24) is 4.31 Å². The highest BCUT2D eigenvalue weighted by atomic mass is 32.2. The average molecular weight is 464 g/mol. The summed E-state index contributed by atoms with van der Waals surface area (Å²) < 4.78 is 43.3. The minimum Gasteiger partial charge on any atom is -0.493 e. The van der Waals surface area contributed by atoms with Crippen LogP contribution in [0.4, 0.5) is 11.4 Å². The van der Waals surface area contributed by atoms with Crippen LogP contribution in [0.5, 0.6) is 11.5 Å². The molecule has 32 heavy (non-hydrogen) atoms. The summed E-state index contributed by atoms with van der Waals surface area (Å²) >= 11 is 0. The Bertz CT molecular complexity index is 1070. The van der Waals surface area contributed by atoms with Crippen LogP contribution in [0.2, 0.25) is 0 Å². The van der Waals surface area contributed by atoms with E-state index in [2.05, 4.69) is 5.32 Å². The van der Waals surface area contributed by atoms with E-state index in [1.807, 2.05) is 6.07 Å². The minimum absolute atomic E-state index is 0.0644. The Labute approximate surface area is 188 Å². The van der Waals surface area contributed by atoms with Gasteiger partial charge in [-0.15, -0.1) is 0 Å². The quantitative estimate of drug-likeness (QED) is 0.640. The smallest absolute Gasteiger partial charge is 0.243 e. The zero-order chi connectivity index (χ0) is 23.3. The maximum atomic E-state index is 13.0. The molecule has 174 valence electrons. The number of benzene rings is 2. The Morgan fingerprint density at radius 3 is 2.44 bits per heavy atom. The number of anilines is 2. The van der Waals surface area contributed by atoms with E-state index < -0.39 is 10.0 Å². The number of hydrogen-bond donors (Lipinski definition) is 1. The molecule has 1 aliphatic heterocycles. The lowest BCUT2D eigenvalue weighted by Gasteiger charge is -2.27. The molecule has 1 fully saturated rings. The van der Waals surface area contributed by atoms with Crippen LogP contribution in [0.3, 0.4) is 0 Å². The molecule has 0 saturated carbocycles. The third kappa shape index (κ3) is 5.32. The highest BCUT2D eigenvalue weighted by molar-refractivity contribution is 7.89. The fourth-order valence-corrected chi connectivity index (χ4v) is 5.11. The number of carbonyl (C=O) groups excluding carboxylic acids is 1. The number of rotatable bonds is 8. The number of nitrogens with zero attached hydrogens (tertiary/aromatic N) is 2. The van der Waals surface area contributed by atoms with Gasteiger partial charge in [0.1, 0.15) is 0 Å². The number of nitrogens with one attached hydrogen (secondary N) is 1. The first-order chi connectivity index (χ1) is 15.3. The van der Waals surface area contributed by atoms with E-state index in [1.54, 1.807) is 57.4 Å². The number of morpholine rings is 1. The van der Waals surface area contributed by atoms with Gasteiger partial charge < -0.3 is 24.4 Å². The van der Waals surface area contributed by atoms with E-state index >= 15 is 0 Å². The van der Waals surface area contributed by atoms with Crippen LogP contribution in [0.25, 0.3) is 0 Å².